The molecule has 6 aromatic rings. The van der Waals surface area contributed by atoms with Gasteiger partial charge in [0, 0.05) is 21.4 Å². The Morgan fingerprint density at radius 3 is 2.58 bits per heavy atom. The molecule has 7 nitrogen and oxygen atoms in total. The van der Waals surface area contributed by atoms with E-state index in [1.807, 2.05) is 80.6 Å². The van der Waals surface area contributed by atoms with Crippen LogP contribution in [0.4, 0.5) is 0 Å². The van der Waals surface area contributed by atoms with Gasteiger partial charge in [0.15, 0.2) is 5.76 Å². The van der Waals surface area contributed by atoms with Crippen LogP contribution in [0.5, 0.6) is 5.75 Å². The first-order chi connectivity index (χ1) is 18.5. The molecule has 0 fully saturated rings. The highest BCUT2D eigenvalue weighted by Gasteiger charge is 2.18. The van der Waals surface area contributed by atoms with Gasteiger partial charge in [0.05, 0.1) is 35.3 Å². The molecule has 3 aromatic carbocycles. The average Bonchev–Trinajstić information content (AvgIpc) is 3.48. The number of ether oxygens (including phenoxy) is 1. The third kappa shape index (κ3) is 3.94. The number of aromatic nitrogens is 3. The number of benzene rings is 3. The molecule has 6 rings (SSSR count). The van der Waals surface area contributed by atoms with Gasteiger partial charge in [-0.2, -0.15) is 9.78 Å². The molecular formula is C30H23BrN4O3. The molecule has 0 bridgehead atoms. The van der Waals surface area contributed by atoms with Gasteiger partial charge < -0.3 is 13.7 Å². The van der Waals surface area contributed by atoms with Gasteiger partial charge in [0.25, 0.3) is 5.56 Å². The van der Waals surface area contributed by atoms with Crippen LogP contribution in [-0.4, -0.2) is 27.6 Å². The predicted molar refractivity (Wildman–Crippen MR) is 154 cm³/mol. The van der Waals surface area contributed by atoms with E-state index in [2.05, 4.69) is 31.7 Å². The van der Waals surface area contributed by atoms with E-state index in [0.717, 1.165) is 32.5 Å². The second kappa shape index (κ2) is 9.46. The molecule has 3 aromatic heterocycles. The second-order valence-corrected chi connectivity index (χ2v) is 9.76. The van der Waals surface area contributed by atoms with Gasteiger partial charge in [-0.05, 0) is 78.3 Å². The fourth-order valence-electron chi connectivity index (χ4n) is 4.75. The Hall–Kier alpha value is -4.43. The molecule has 0 atom stereocenters. The highest BCUT2D eigenvalue weighted by atomic mass is 79.9. The van der Waals surface area contributed by atoms with Gasteiger partial charge >= 0.3 is 0 Å². The summed E-state index contributed by atoms with van der Waals surface area (Å²) in [5, 5.41) is 5.91. The summed E-state index contributed by atoms with van der Waals surface area (Å²) in [6.45, 7) is 4.07. The highest BCUT2D eigenvalue weighted by Crippen LogP contribution is 2.33. The quantitative estimate of drug-likeness (QED) is 0.213. The van der Waals surface area contributed by atoms with Crippen LogP contribution in [-0.2, 0) is 0 Å². The monoisotopic (exact) mass is 566 g/mol. The van der Waals surface area contributed by atoms with E-state index < -0.39 is 0 Å². The minimum atomic E-state index is -0.283. The summed E-state index contributed by atoms with van der Waals surface area (Å²) in [6.07, 6.45) is 1.69. The van der Waals surface area contributed by atoms with Gasteiger partial charge in [-0.15, -0.1) is 0 Å². The summed E-state index contributed by atoms with van der Waals surface area (Å²) < 4.78 is 16.1. The lowest BCUT2D eigenvalue weighted by Gasteiger charge is -2.11. The predicted octanol–water partition coefficient (Wildman–Crippen LogP) is 6.87. The number of para-hydroxylation sites is 2. The summed E-state index contributed by atoms with van der Waals surface area (Å²) in [6, 6.07) is 24.7. The maximum Gasteiger partial charge on any atom is 0.282 e. The summed E-state index contributed by atoms with van der Waals surface area (Å²) in [5.74, 6) is 1.40. The Bertz CT molecular complexity index is 1930. The van der Waals surface area contributed by atoms with Crippen LogP contribution in [0.3, 0.4) is 0 Å². The molecule has 0 amide bonds. The normalized spacial score (nSPS) is 11.7. The SMILES string of the molecule is COc1cccc2oc(-c3nc4ccccc4c(=O)n3N=Cc3cc(C)n(-c4ccccc4Br)c3C)cc12. The van der Waals surface area contributed by atoms with Gasteiger partial charge in [-0.25, -0.2) is 4.98 Å². The standard InChI is InChI=1S/C30H23BrN4O3/c1-18-15-20(19(2)34(18)25-12-7-5-10-23(25)31)17-32-35-29(33-24-11-6-4-9-21(24)30(35)36)28-16-22-26(37-3)13-8-14-27(22)38-28/h4-17H,1-3H3. The van der Waals surface area contributed by atoms with Crippen molar-refractivity contribution >= 4 is 44.0 Å². The maximum absolute atomic E-state index is 13.6. The Balaban J connectivity index is 1.53. The van der Waals surface area contributed by atoms with Gasteiger partial charge in [0.1, 0.15) is 11.3 Å². The number of aryl methyl sites for hydroxylation is 1. The van der Waals surface area contributed by atoms with Crippen molar-refractivity contribution in [1.82, 2.24) is 14.2 Å². The van der Waals surface area contributed by atoms with E-state index in [1.54, 1.807) is 19.4 Å². The fourth-order valence-corrected chi connectivity index (χ4v) is 5.22. The molecule has 0 N–H and O–H groups in total. The van der Waals surface area contributed by atoms with Crippen molar-refractivity contribution in [1.29, 1.82) is 0 Å². The average molecular weight is 567 g/mol. The van der Waals surface area contributed by atoms with Gasteiger partial charge in [0.2, 0.25) is 5.82 Å². The van der Waals surface area contributed by atoms with E-state index in [0.29, 0.717) is 33.8 Å². The summed E-state index contributed by atoms with van der Waals surface area (Å²) in [4.78, 5) is 18.4. The highest BCUT2D eigenvalue weighted by molar-refractivity contribution is 9.10. The van der Waals surface area contributed by atoms with Crippen LogP contribution in [0, 0.1) is 13.8 Å². The molecule has 0 aliphatic heterocycles. The molecule has 0 saturated carbocycles. The van der Waals surface area contributed by atoms with E-state index in [1.165, 1.54) is 4.68 Å². The first kappa shape index (κ1) is 23.9. The van der Waals surface area contributed by atoms with E-state index >= 15 is 0 Å². The zero-order valence-corrected chi connectivity index (χ0v) is 22.6. The molecule has 38 heavy (non-hydrogen) atoms. The molecule has 0 aliphatic carbocycles. The van der Waals surface area contributed by atoms with Crippen LogP contribution in [0.15, 0.2) is 97.6 Å². The number of halogens is 1. The molecule has 0 radical (unpaired) electrons. The van der Waals surface area contributed by atoms with Crippen molar-refractivity contribution in [3.05, 3.63) is 111 Å². The van der Waals surface area contributed by atoms with Crippen LogP contribution < -0.4 is 10.3 Å². The molecule has 188 valence electrons. The zero-order chi connectivity index (χ0) is 26.4. The molecule has 8 heteroatoms. The number of rotatable bonds is 5. The Morgan fingerprint density at radius 1 is 0.974 bits per heavy atom. The number of methoxy groups -OCH3 is 1. The number of furan rings is 1. The number of fused-ring (bicyclic) bond motifs is 2. The lowest BCUT2D eigenvalue weighted by atomic mass is 10.2. The third-order valence-corrected chi connectivity index (χ3v) is 7.26. The van der Waals surface area contributed by atoms with Crippen LogP contribution in [0.1, 0.15) is 17.0 Å². The number of nitrogens with zero attached hydrogens (tertiary/aromatic N) is 4. The van der Waals surface area contributed by atoms with Crippen molar-refractivity contribution in [2.24, 2.45) is 5.10 Å². The molecule has 0 aliphatic rings. The van der Waals surface area contributed by atoms with Crippen LogP contribution >= 0.6 is 15.9 Å². The van der Waals surface area contributed by atoms with Crippen molar-refractivity contribution in [2.45, 2.75) is 13.8 Å². The number of hydrogen-bond acceptors (Lipinski definition) is 5. The third-order valence-electron chi connectivity index (χ3n) is 6.59. The Kier molecular flexibility index (Phi) is 5.96. The fraction of sp³-hybridized carbons (Fsp3) is 0.100. The molecular weight excluding hydrogens is 544 g/mol. The molecule has 3 heterocycles. The largest absolute Gasteiger partial charge is 0.496 e. The molecule has 0 spiro atoms. The Labute approximate surface area is 226 Å². The van der Waals surface area contributed by atoms with Crippen molar-refractivity contribution in [3.8, 4) is 23.0 Å². The Morgan fingerprint density at radius 2 is 1.76 bits per heavy atom. The van der Waals surface area contributed by atoms with E-state index in [-0.39, 0.29) is 5.56 Å². The summed E-state index contributed by atoms with van der Waals surface area (Å²) in [5.41, 5.74) is 4.88. The minimum Gasteiger partial charge on any atom is -0.496 e. The van der Waals surface area contributed by atoms with E-state index in [9.17, 15) is 4.79 Å². The first-order valence-electron chi connectivity index (χ1n) is 12.0. The van der Waals surface area contributed by atoms with Gasteiger partial charge in [-0.3, -0.25) is 4.79 Å². The van der Waals surface area contributed by atoms with Crippen LogP contribution in [0.2, 0.25) is 0 Å². The lowest BCUT2D eigenvalue weighted by Crippen LogP contribution is -2.20. The maximum atomic E-state index is 13.6. The molecule has 0 unspecified atom stereocenters. The smallest absolute Gasteiger partial charge is 0.282 e. The molecule has 0 saturated heterocycles. The zero-order valence-electron chi connectivity index (χ0n) is 21.0. The lowest BCUT2D eigenvalue weighted by molar-refractivity contribution is 0.419. The van der Waals surface area contributed by atoms with E-state index in [4.69, 9.17) is 14.1 Å². The first-order valence-corrected chi connectivity index (χ1v) is 12.8. The second-order valence-electron chi connectivity index (χ2n) is 8.91. The van der Waals surface area contributed by atoms with Crippen molar-refractivity contribution in [3.63, 3.8) is 0 Å². The summed E-state index contributed by atoms with van der Waals surface area (Å²) >= 11 is 3.65. The van der Waals surface area contributed by atoms with Crippen LogP contribution in [0.25, 0.3) is 39.1 Å². The topological polar surface area (TPSA) is 74.6 Å². The van der Waals surface area contributed by atoms with Crippen molar-refractivity contribution < 1.29 is 9.15 Å². The minimum absolute atomic E-state index is 0.283. The van der Waals surface area contributed by atoms with Crippen molar-refractivity contribution in [2.75, 3.05) is 7.11 Å². The summed E-state index contributed by atoms with van der Waals surface area (Å²) in [7, 11) is 1.61. The van der Waals surface area contributed by atoms with Gasteiger partial charge in [-0.1, -0.05) is 30.3 Å². The number of hydrogen-bond donors (Lipinski definition) is 0.